The molecule has 2 aromatic rings. The number of rotatable bonds is 10. The quantitative estimate of drug-likeness (QED) is 0.173. The fraction of sp³-hybridized carbons (Fsp3) is 0.226. The van der Waals surface area contributed by atoms with Crippen molar-refractivity contribution < 1.29 is 23.0 Å². The van der Waals surface area contributed by atoms with E-state index in [4.69, 9.17) is 14.9 Å². The van der Waals surface area contributed by atoms with Crippen molar-refractivity contribution in [3.63, 3.8) is 0 Å². The van der Waals surface area contributed by atoms with Crippen molar-refractivity contribution >= 4 is 23.3 Å². The molecule has 2 aromatic carbocycles. The van der Waals surface area contributed by atoms with E-state index in [1.807, 2.05) is 30.3 Å². The van der Waals surface area contributed by atoms with Gasteiger partial charge in [-0.2, -0.15) is 0 Å². The van der Waals surface area contributed by atoms with Gasteiger partial charge < -0.3 is 14.4 Å². The smallest absolute Gasteiger partial charge is 0.330 e. The number of allylic oxidation sites excluding steroid dienone is 6. The molecule has 0 amide bonds. The molecule has 1 saturated heterocycles. The van der Waals surface area contributed by atoms with Crippen LogP contribution >= 0.6 is 0 Å². The molecule has 0 spiro atoms. The first-order valence-electron chi connectivity index (χ1n) is 12.4. The van der Waals surface area contributed by atoms with E-state index in [-0.39, 0.29) is 11.3 Å². The van der Waals surface area contributed by atoms with E-state index in [0.717, 1.165) is 40.6 Å². The Morgan fingerprint density at radius 1 is 1.08 bits per heavy atom. The zero-order valence-corrected chi connectivity index (χ0v) is 21.7. The SMILES string of the molecule is C=CC(=C(/C=C/C(=C/C)C(=N)c1cc(F)cc(F)c1)N1CCOCC1)c1cccc(/C=C/C(=O)OCC)c1. The standard InChI is InChI=1S/C31H32F2N2O3/c1-4-23(31(34)25-19-26(32)21-27(33)20-25)11-12-29(35-14-16-37-17-15-35)28(5-2)24-9-7-8-22(18-24)10-13-30(36)38-6-3/h4-5,7-13,18-21,34H,2,6,14-17H2,1,3H3/b12-11+,13-10+,23-4-,29-28?,34-31?. The lowest BCUT2D eigenvalue weighted by Crippen LogP contribution is -2.35. The van der Waals surface area contributed by atoms with Gasteiger partial charge in [-0.15, -0.1) is 0 Å². The maximum atomic E-state index is 13.8. The Bertz CT molecular complexity index is 1280. The Labute approximate surface area is 222 Å². The van der Waals surface area contributed by atoms with Gasteiger partial charge in [0.1, 0.15) is 11.6 Å². The molecule has 0 aromatic heterocycles. The van der Waals surface area contributed by atoms with E-state index in [9.17, 15) is 13.6 Å². The lowest BCUT2D eigenvalue weighted by atomic mass is 9.98. The van der Waals surface area contributed by atoms with Gasteiger partial charge in [-0.05, 0) is 60.9 Å². The van der Waals surface area contributed by atoms with Gasteiger partial charge in [0.05, 0.1) is 25.5 Å². The number of nitrogens with one attached hydrogen (secondary N) is 1. The second-order valence-electron chi connectivity index (χ2n) is 8.42. The van der Waals surface area contributed by atoms with E-state index in [1.165, 1.54) is 6.08 Å². The molecule has 0 bridgehead atoms. The number of hydrogen-bond acceptors (Lipinski definition) is 5. The highest BCUT2D eigenvalue weighted by atomic mass is 19.1. The van der Waals surface area contributed by atoms with Crippen molar-refractivity contribution in [1.29, 1.82) is 5.41 Å². The lowest BCUT2D eigenvalue weighted by molar-refractivity contribution is -0.137. The highest BCUT2D eigenvalue weighted by Crippen LogP contribution is 2.26. The van der Waals surface area contributed by atoms with Crippen molar-refractivity contribution in [3.8, 4) is 0 Å². The monoisotopic (exact) mass is 518 g/mol. The minimum atomic E-state index is -0.732. The van der Waals surface area contributed by atoms with Gasteiger partial charge in [0, 0.05) is 42.1 Å². The van der Waals surface area contributed by atoms with E-state index in [1.54, 1.807) is 38.2 Å². The van der Waals surface area contributed by atoms with Crippen LogP contribution in [0.3, 0.4) is 0 Å². The normalized spacial score (nSPS) is 15.1. The van der Waals surface area contributed by atoms with Gasteiger partial charge in [0.15, 0.2) is 0 Å². The van der Waals surface area contributed by atoms with Gasteiger partial charge in [-0.25, -0.2) is 13.6 Å². The van der Waals surface area contributed by atoms with Crippen LogP contribution in [0.25, 0.3) is 11.6 Å². The van der Waals surface area contributed by atoms with Crippen molar-refractivity contribution in [3.05, 3.63) is 119 Å². The fourth-order valence-corrected chi connectivity index (χ4v) is 4.06. The third-order valence-electron chi connectivity index (χ3n) is 5.90. The molecule has 1 heterocycles. The Hall–Kier alpha value is -4.10. The number of halogens is 2. The summed E-state index contributed by atoms with van der Waals surface area (Å²) < 4.78 is 38.1. The summed E-state index contributed by atoms with van der Waals surface area (Å²) in [5, 5.41) is 8.56. The highest BCUT2D eigenvalue weighted by molar-refractivity contribution is 6.12. The minimum Gasteiger partial charge on any atom is -0.463 e. The van der Waals surface area contributed by atoms with Crippen LogP contribution in [0.5, 0.6) is 0 Å². The van der Waals surface area contributed by atoms with Gasteiger partial charge in [0.2, 0.25) is 0 Å². The first-order chi connectivity index (χ1) is 18.4. The van der Waals surface area contributed by atoms with Crippen molar-refractivity contribution in [1.82, 2.24) is 4.90 Å². The molecule has 5 nitrogen and oxygen atoms in total. The van der Waals surface area contributed by atoms with Crippen LogP contribution in [0.15, 0.2) is 90.7 Å². The summed E-state index contributed by atoms with van der Waals surface area (Å²) in [6, 6.07) is 10.8. The van der Waals surface area contributed by atoms with E-state index < -0.39 is 17.6 Å². The first kappa shape index (κ1) is 28.5. The summed E-state index contributed by atoms with van der Waals surface area (Å²) in [7, 11) is 0. The third kappa shape index (κ3) is 7.70. The molecule has 0 radical (unpaired) electrons. The van der Waals surface area contributed by atoms with Gasteiger partial charge in [0.25, 0.3) is 0 Å². The highest BCUT2D eigenvalue weighted by Gasteiger charge is 2.17. The number of carbonyl (C=O) groups excluding carboxylic acids is 1. The summed E-state index contributed by atoms with van der Waals surface area (Å²) in [5.41, 5.74) is 4.11. The number of esters is 1. The zero-order valence-electron chi connectivity index (χ0n) is 21.7. The molecule has 0 aliphatic carbocycles. The molecule has 1 N–H and O–H groups in total. The van der Waals surface area contributed by atoms with Crippen LogP contribution < -0.4 is 0 Å². The maximum absolute atomic E-state index is 13.8. The molecule has 0 atom stereocenters. The maximum Gasteiger partial charge on any atom is 0.330 e. The summed E-state index contributed by atoms with van der Waals surface area (Å²) in [6.45, 7) is 10.3. The lowest BCUT2D eigenvalue weighted by Gasteiger charge is -2.31. The average Bonchev–Trinajstić information content (AvgIpc) is 2.92. The molecule has 1 aliphatic heterocycles. The van der Waals surface area contributed by atoms with Crippen LogP contribution in [0.4, 0.5) is 8.78 Å². The minimum absolute atomic E-state index is 0.00901. The predicted octanol–water partition coefficient (Wildman–Crippen LogP) is 6.34. The molecule has 0 saturated carbocycles. The van der Waals surface area contributed by atoms with E-state index >= 15 is 0 Å². The van der Waals surface area contributed by atoms with Gasteiger partial charge in [-0.3, -0.25) is 5.41 Å². The van der Waals surface area contributed by atoms with Gasteiger partial charge >= 0.3 is 5.97 Å². The van der Waals surface area contributed by atoms with Crippen molar-refractivity contribution in [2.75, 3.05) is 32.9 Å². The number of benzene rings is 2. The molecule has 0 unspecified atom stereocenters. The first-order valence-corrected chi connectivity index (χ1v) is 12.4. The summed E-state index contributed by atoms with van der Waals surface area (Å²) in [4.78, 5) is 13.9. The topological polar surface area (TPSA) is 62.6 Å². The number of nitrogens with zero attached hydrogens (tertiary/aromatic N) is 1. The molecule has 7 heteroatoms. The number of ether oxygens (including phenoxy) is 2. The fourth-order valence-electron chi connectivity index (χ4n) is 4.06. The molecule has 3 rings (SSSR count). The van der Waals surface area contributed by atoms with Crippen LogP contribution in [-0.2, 0) is 14.3 Å². The van der Waals surface area contributed by atoms with Crippen LogP contribution in [0.2, 0.25) is 0 Å². The van der Waals surface area contributed by atoms with Crippen LogP contribution in [0, 0.1) is 17.0 Å². The number of hydrogen-bond donors (Lipinski definition) is 1. The summed E-state index contributed by atoms with van der Waals surface area (Å²) >= 11 is 0. The molecule has 198 valence electrons. The van der Waals surface area contributed by atoms with E-state index in [2.05, 4.69) is 11.5 Å². The molecular weight excluding hydrogens is 486 g/mol. The van der Waals surface area contributed by atoms with E-state index in [0.29, 0.717) is 38.5 Å². The zero-order chi connectivity index (χ0) is 27.5. The van der Waals surface area contributed by atoms with Crippen molar-refractivity contribution in [2.24, 2.45) is 0 Å². The number of morpholine rings is 1. The Morgan fingerprint density at radius 3 is 2.42 bits per heavy atom. The predicted molar refractivity (Wildman–Crippen MR) is 148 cm³/mol. The Morgan fingerprint density at radius 2 is 1.79 bits per heavy atom. The van der Waals surface area contributed by atoms with Crippen LogP contribution in [0.1, 0.15) is 30.5 Å². The van der Waals surface area contributed by atoms with Crippen LogP contribution in [-0.4, -0.2) is 49.5 Å². The summed E-state index contributed by atoms with van der Waals surface area (Å²) in [6.07, 6.45) is 10.2. The molecule has 38 heavy (non-hydrogen) atoms. The number of carbonyl (C=O) groups is 1. The second-order valence-corrected chi connectivity index (χ2v) is 8.42. The summed E-state index contributed by atoms with van der Waals surface area (Å²) in [5.74, 6) is -1.87. The Balaban J connectivity index is 2.02. The third-order valence-corrected chi connectivity index (χ3v) is 5.90. The molecular formula is C31H32F2N2O3. The largest absolute Gasteiger partial charge is 0.463 e. The molecule has 1 aliphatic rings. The molecule has 1 fully saturated rings. The second kappa shape index (κ2) is 14.0. The Kier molecular flexibility index (Phi) is 10.5. The average molecular weight is 519 g/mol. The van der Waals surface area contributed by atoms with Crippen molar-refractivity contribution in [2.45, 2.75) is 13.8 Å². The van der Waals surface area contributed by atoms with Gasteiger partial charge in [-0.1, -0.05) is 43.0 Å².